The zero-order valence-corrected chi connectivity index (χ0v) is 9.25. The average molecular weight is 235 g/mol. The Balaban J connectivity index is 1.99. The van der Waals surface area contributed by atoms with Gasteiger partial charge in [-0.2, -0.15) is 0 Å². The third kappa shape index (κ3) is 2.93. The van der Waals surface area contributed by atoms with Gasteiger partial charge in [0.25, 0.3) is 0 Å². The minimum atomic E-state index is -0.232. The van der Waals surface area contributed by atoms with Crippen molar-refractivity contribution in [3.8, 4) is 0 Å². The number of aromatic nitrogens is 2. The Morgan fingerprint density at radius 1 is 1.19 bits per heavy atom. The number of thioether (sulfide) groups is 1. The van der Waals surface area contributed by atoms with Gasteiger partial charge in [0, 0.05) is 11.1 Å². The smallest absolute Gasteiger partial charge is 0.140 e. The maximum Gasteiger partial charge on any atom is 0.140 e. The summed E-state index contributed by atoms with van der Waals surface area (Å²) in [7, 11) is 0. The Morgan fingerprint density at radius 2 is 1.94 bits per heavy atom. The fourth-order valence-electron chi connectivity index (χ4n) is 1.16. The van der Waals surface area contributed by atoms with Crippen LogP contribution in [-0.4, -0.2) is 9.97 Å². The number of nitrogens with zero attached hydrogens (tertiary/aromatic N) is 2. The van der Waals surface area contributed by atoms with Gasteiger partial charge < -0.3 is 5.73 Å². The van der Waals surface area contributed by atoms with Gasteiger partial charge in [0.05, 0.1) is 5.75 Å². The summed E-state index contributed by atoms with van der Waals surface area (Å²) >= 11 is 1.54. The zero-order chi connectivity index (χ0) is 11.4. The average Bonchev–Trinajstić information content (AvgIpc) is 2.28. The summed E-state index contributed by atoms with van der Waals surface area (Å²) in [4.78, 5) is 9.14. The van der Waals surface area contributed by atoms with Crippen LogP contribution in [0.4, 0.5) is 10.2 Å². The maximum absolute atomic E-state index is 12.7. The predicted octanol–water partition coefficient (Wildman–Crippen LogP) is 2.49. The van der Waals surface area contributed by atoms with Crippen molar-refractivity contribution in [1.82, 2.24) is 9.97 Å². The molecule has 0 atom stereocenters. The number of hydrogen-bond donors (Lipinski definition) is 1. The molecule has 82 valence electrons. The van der Waals surface area contributed by atoms with Crippen molar-refractivity contribution >= 4 is 17.6 Å². The van der Waals surface area contributed by atoms with E-state index in [-0.39, 0.29) is 5.82 Å². The topological polar surface area (TPSA) is 51.8 Å². The number of anilines is 1. The Bertz CT molecular complexity index is 473. The van der Waals surface area contributed by atoms with Crippen molar-refractivity contribution in [3.05, 3.63) is 48.2 Å². The fourth-order valence-corrected chi connectivity index (χ4v) is 1.93. The molecule has 0 aliphatic rings. The summed E-state index contributed by atoms with van der Waals surface area (Å²) in [6, 6.07) is 7.97. The van der Waals surface area contributed by atoms with Crippen molar-refractivity contribution in [2.45, 2.75) is 10.6 Å². The van der Waals surface area contributed by atoms with Gasteiger partial charge in [0.15, 0.2) is 0 Å². The molecule has 0 fully saturated rings. The molecular weight excluding hydrogens is 225 g/mol. The van der Waals surface area contributed by atoms with Crippen LogP contribution in [0.25, 0.3) is 0 Å². The first-order chi connectivity index (χ1) is 7.74. The largest absolute Gasteiger partial charge is 0.384 e. The second-order valence-corrected chi connectivity index (χ2v) is 4.19. The number of hydrogen-bond acceptors (Lipinski definition) is 4. The standard InChI is InChI=1S/C11H10FN3S/c12-8-1-3-9(4-2-8)16-7-11-14-6-5-10(13)15-11/h1-6H,7H2,(H2,13,14,15). The number of rotatable bonds is 3. The van der Waals surface area contributed by atoms with E-state index in [2.05, 4.69) is 9.97 Å². The Labute approximate surface area is 96.9 Å². The lowest BCUT2D eigenvalue weighted by molar-refractivity contribution is 0.626. The Morgan fingerprint density at radius 3 is 2.62 bits per heavy atom. The van der Waals surface area contributed by atoms with Crippen LogP contribution < -0.4 is 5.73 Å². The van der Waals surface area contributed by atoms with E-state index in [0.717, 1.165) is 4.90 Å². The monoisotopic (exact) mass is 235 g/mol. The van der Waals surface area contributed by atoms with E-state index in [1.807, 2.05) is 0 Å². The molecule has 0 bridgehead atoms. The molecule has 0 saturated heterocycles. The molecule has 1 aromatic carbocycles. The zero-order valence-electron chi connectivity index (χ0n) is 8.43. The molecule has 0 aliphatic heterocycles. The van der Waals surface area contributed by atoms with Crippen molar-refractivity contribution in [2.75, 3.05) is 5.73 Å². The highest BCUT2D eigenvalue weighted by atomic mass is 32.2. The molecule has 0 radical (unpaired) electrons. The van der Waals surface area contributed by atoms with E-state index < -0.39 is 0 Å². The molecule has 3 nitrogen and oxygen atoms in total. The summed E-state index contributed by atoms with van der Waals surface area (Å²) < 4.78 is 12.7. The SMILES string of the molecule is Nc1ccnc(CSc2ccc(F)cc2)n1. The highest BCUT2D eigenvalue weighted by molar-refractivity contribution is 7.98. The van der Waals surface area contributed by atoms with Gasteiger partial charge in [0.2, 0.25) is 0 Å². The molecule has 2 rings (SSSR count). The summed E-state index contributed by atoms with van der Waals surface area (Å²) in [5.41, 5.74) is 5.54. The first kappa shape index (κ1) is 10.9. The summed E-state index contributed by atoms with van der Waals surface area (Å²) in [5.74, 6) is 1.53. The van der Waals surface area contributed by atoms with Gasteiger partial charge in [-0.05, 0) is 30.3 Å². The second-order valence-electron chi connectivity index (χ2n) is 3.14. The second kappa shape index (κ2) is 4.94. The van der Waals surface area contributed by atoms with E-state index >= 15 is 0 Å². The molecule has 0 spiro atoms. The maximum atomic E-state index is 12.7. The van der Waals surface area contributed by atoms with Crippen LogP contribution in [0.2, 0.25) is 0 Å². The molecule has 1 heterocycles. The summed E-state index contributed by atoms with van der Waals surface area (Å²) in [6.07, 6.45) is 1.63. The summed E-state index contributed by atoms with van der Waals surface area (Å²) in [6.45, 7) is 0. The number of nitrogen functional groups attached to an aromatic ring is 1. The molecule has 16 heavy (non-hydrogen) atoms. The van der Waals surface area contributed by atoms with E-state index in [1.165, 1.54) is 12.1 Å². The highest BCUT2D eigenvalue weighted by Crippen LogP contribution is 2.21. The molecule has 0 saturated carbocycles. The van der Waals surface area contributed by atoms with Crippen LogP contribution in [0.1, 0.15) is 5.82 Å². The third-order valence-electron chi connectivity index (χ3n) is 1.91. The normalized spacial score (nSPS) is 10.3. The van der Waals surface area contributed by atoms with E-state index in [4.69, 9.17) is 5.73 Å². The van der Waals surface area contributed by atoms with Gasteiger partial charge in [0.1, 0.15) is 17.5 Å². The molecule has 2 aromatic rings. The van der Waals surface area contributed by atoms with Crippen molar-refractivity contribution in [2.24, 2.45) is 0 Å². The molecular formula is C11H10FN3S. The first-order valence-corrected chi connectivity index (χ1v) is 5.68. The molecule has 0 amide bonds. The lowest BCUT2D eigenvalue weighted by Crippen LogP contribution is -1.96. The van der Waals surface area contributed by atoms with Gasteiger partial charge in [-0.3, -0.25) is 0 Å². The molecule has 0 unspecified atom stereocenters. The van der Waals surface area contributed by atoms with Gasteiger partial charge in [-0.15, -0.1) is 11.8 Å². The first-order valence-electron chi connectivity index (χ1n) is 4.70. The minimum Gasteiger partial charge on any atom is -0.384 e. The van der Waals surface area contributed by atoms with Crippen LogP contribution in [-0.2, 0) is 5.75 Å². The number of nitrogens with two attached hydrogens (primary N) is 1. The molecule has 2 N–H and O–H groups in total. The van der Waals surface area contributed by atoms with E-state index in [0.29, 0.717) is 17.4 Å². The van der Waals surface area contributed by atoms with E-state index in [1.54, 1.807) is 36.2 Å². The molecule has 5 heteroatoms. The molecule has 0 aliphatic carbocycles. The van der Waals surface area contributed by atoms with Crippen molar-refractivity contribution < 1.29 is 4.39 Å². The number of halogens is 1. The molecule has 1 aromatic heterocycles. The van der Waals surface area contributed by atoms with Crippen molar-refractivity contribution in [1.29, 1.82) is 0 Å². The van der Waals surface area contributed by atoms with Crippen LogP contribution in [0.3, 0.4) is 0 Å². The van der Waals surface area contributed by atoms with Crippen molar-refractivity contribution in [3.63, 3.8) is 0 Å². The van der Waals surface area contributed by atoms with Gasteiger partial charge >= 0.3 is 0 Å². The Kier molecular flexibility index (Phi) is 3.36. The van der Waals surface area contributed by atoms with Crippen LogP contribution in [0.15, 0.2) is 41.4 Å². The van der Waals surface area contributed by atoms with E-state index in [9.17, 15) is 4.39 Å². The quantitative estimate of drug-likeness (QED) is 0.830. The van der Waals surface area contributed by atoms with Crippen LogP contribution in [0, 0.1) is 5.82 Å². The fraction of sp³-hybridized carbons (Fsp3) is 0.0909. The van der Waals surface area contributed by atoms with Gasteiger partial charge in [-0.1, -0.05) is 0 Å². The summed E-state index contributed by atoms with van der Waals surface area (Å²) in [5, 5.41) is 0. The Hall–Kier alpha value is -1.62. The minimum absolute atomic E-state index is 0.232. The highest BCUT2D eigenvalue weighted by Gasteiger charge is 1.99. The van der Waals surface area contributed by atoms with Crippen LogP contribution in [0.5, 0.6) is 0 Å². The number of benzene rings is 1. The lowest BCUT2D eigenvalue weighted by Gasteiger charge is -2.01. The third-order valence-corrected chi connectivity index (χ3v) is 2.92. The lowest BCUT2D eigenvalue weighted by atomic mass is 10.4. The predicted molar refractivity (Wildman–Crippen MR) is 62.4 cm³/mol. The van der Waals surface area contributed by atoms with Crippen LogP contribution >= 0.6 is 11.8 Å². The van der Waals surface area contributed by atoms with Gasteiger partial charge in [-0.25, -0.2) is 14.4 Å².